The Labute approximate surface area is 193 Å². The third-order valence-corrected chi connectivity index (χ3v) is 6.01. The zero-order valence-electron chi connectivity index (χ0n) is 18.1. The number of rotatable bonds is 6. The molecule has 162 valence electrons. The molecule has 4 aromatic rings. The summed E-state index contributed by atoms with van der Waals surface area (Å²) >= 11 is 0. The number of amides is 2. The normalized spacial score (nSPS) is 12.4. The molecule has 5 rings (SSSR count). The molecule has 33 heavy (non-hydrogen) atoms. The van der Waals surface area contributed by atoms with Crippen molar-refractivity contribution in [2.24, 2.45) is 0 Å². The molecule has 2 amide bonds. The lowest BCUT2D eigenvalue weighted by Gasteiger charge is -2.19. The van der Waals surface area contributed by atoms with Gasteiger partial charge in [-0.1, -0.05) is 78.9 Å². The molecule has 4 heteroatoms. The number of carbonyl (C=O) groups is 2. The van der Waals surface area contributed by atoms with Crippen molar-refractivity contribution in [3.05, 3.63) is 125 Å². The molecule has 4 nitrogen and oxygen atoms in total. The molecule has 1 aliphatic rings. The van der Waals surface area contributed by atoms with Crippen LogP contribution in [-0.2, 0) is 11.2 Å². The number of nitrogens with one attached hydrogen (secondary N) is 2. The highest BCUT2D eigenvalue weighted by molar-refractivity contribution is 5.96. The Morgan fingerprint density at radius 1 is 0.727 bits per heavy atom. The van der Waals surface area contributed by atoms with E-state index >= 15 is 0 Å². The van der Waals surface area contributed by atoms with E-state index in [0.717, 1.165) is 17.7 Å². The van der Waals surface area contributed by atoms with Gasteiger partial charge in [-0.3, -0.25) is 9.59 Å². The molecule has 0 bridgehead atoms. The highest BCUT2D eigenvalue weighted by atomic mass is 16.2. The first-order chi connectivity index (χ1) is 16.2. The van der Waals surface area contributed by atoms with Crippen LogP contribution in [0.1, 0.15) is 39.5 Å². The first-order valence-corrected chi connectivity index (χ1v) is 11.1. The molecular formula is C29H24N2O2. The topological polar surface area (TPSA) is 58.2 Å². The van der Waals surface area contributed by atoms with E-state index in [1.165, 1.54) is 22.3 Å². The second-order valence-electron chi connectivity index (χ2n) is 8.26. The number of hydrogen-bond acceptors (Lipinski definition) is 2. The highest BCUT2D eigenvalue weighted by Crippen LogP contribution is 2.37. The van der Waals surface area contributed by atoms with Crippen molar-refractivity contribution >= 4 is 17.5 Å². The first kappa shape index (κ1) is 20.7. The maximum absolute atomic E-state index is 13.0. The predicted molar refractivity (Wildman–Crippen MR) is 131 cm³/mol. The summed E-state index contributed by atoms with van der Waals surface area (Å²) in [6.45, 7) is 0. The van der Waals surface area contributed by atoms with Crippen LogP contribution < -0.4 is 10.6 Å². The molecule has 1 aliphatic carbocycles. The minimum atomic E-state index is -0.436. The van der Waals surface area contributed by atoms with Crippen molar-refractivity contribution in [2.45, 2.75) is 18.9 Å². The second-order valence-corrected chi connectivity index (χ2v) is 8.26. The third-order valence-electron chi connectivity index (χ3n) is 6.01. The fourth-order valence-corrected chi connectivity index (χ4v) is 4.37. The van der Waals surface area contributed by atoms with E-state index in [0.29, 0.717) is 5.56 Å². The molecular weight excluding hydrogens is 408 g/mol. The van der Waals surface area contributed by atoms with Gasteiger partial charge in [0.2, 0.25) is 5.91 Å². The fourth-order valence-electron chi connectivity index (χ4n) is 4.37. The van der Waals surface area contributed by atoms with Crippen molar-refractivity contribution in [1.29, 1.82) is 0 Å². The van der Waals surface area contributed by atoms with Gasteiger partial charge in [0.1, 0.15) is 0 Å². The molecule has 0 unspecified atom stereocenters. The van der Waals surface area contributed by atoms with Gasteiger partial charge in [-0.25, -0.2) is 0 Å². The Hall–Kier alpha value is -4.18. The van der Waals surface area contributed by atoms with Crippen molar-refractivity contribution in [3.63, 3.8) is 0 Å². The van der Waals surface area contributed by atoms with Gasteiger partial charge in [-0.2, -0.15) is 0 Å². The highest BCUT2D eigenvalue weighted by Gasteiger charge is 2.21. The van der Waals surface area contributed by atoms with Crippen molar-refractivity contribution in [1.82, 2.24) is 5.32 Å². The van der Waals surface area contributed by atoms with E-state index in [4.69, 9.17) is 0 Å². The summed E-state index contributed by atoms with van der Waals surface area (Å²) in [5.41, 5.74) is 7.18. The van der Waals surface area contributed by atoms with Crippen molar-refractivity contribution in [3.8, 4) is 11.1 Å². The average Bonchev–Trinajstić information content (AvgIpc) is 3.23. The quantitative estimate of drug-likeness (QED) is 0.359. The van der Waals surface area contributed by atoms with Crippen LogP contribution in [0.3, 0.4) is 0 Å². The molecule has 0 spiro atoms. The van der Waals surface area contributed by atoms with Crippen LogP contribution in [0.2, 0.25) is 0 Å². The van der Waals surface area contributed by atoms with Gasteiger partial charge in [-0.15, -0.1) is 0 Å². The van der Waals surface area contributed by atoms with Gasteiger partial charge in [0, 0.05) is 11.3 Å². The largest absolute Gasteiger partial charge is 0.345 e. The molecule has 0 aromatic heterocycles. The van der Waals surface area contributed by atoms with E-state index in [2.05, 4.69) is 34.9 Å². The first-order valence-electron chi connectivity index (χ1n) is 11.1. The maximum Gasteiger partial charge on any atom is 0.251 e. The van der Waals surface area contributed by atoms with E-state index in [1.54, 1.807) is 12.1 Å². The molecule has 0 fully saturated rings. The Bertz CT molecular complexity index is 1300. The number of anilines is 1. The Morgan fingerprint density at radius 2 is 1.39 bits per heavy atom. The smallest absolute Gasteiger partial charge is 0.251 e. The average molecular weight is 433 g/mol. The lowest BCUT2D eigenvalue weighted by molar-refractivity contribution is -0.116. The predicted octanol–water partition coefficient (Wildman–Crippen LogP) is 5.76. The molecule has 2 N–H and O–H groups in total. The maximum atomic E-state index is 13.0. The number of fused-ring (bicyclic) bond motifs is 3. The van der Waals surface area contributed by atoms with Gasteiger partial charge in [0.05, 0.1) is 12.5 Å². The van der Waals surface area contributed by atoms with Crippen LogP contribution in [0.25, 0.3) is 11.1 Å². The van der Waals surface area contributed by atoms with E-state index in [1.807, 2.05) is 66.7 Å². The molecule has 0 heterocycles. The van der Waals surface area contributed by atoms with E-state index in [9.17, 15) is 9.59 Å². The standard InChI is InChI=1S/C29H24N2O2/c32-28(30-24-16-15-23-17-22-13-7-8-14-25(22)26(23)18-24)19-27(20-9-3-1-4-10-20)31-29(33)21-11-5-2-6-12-21/h1-16,18,27H,17,19H2,(H,30,32)(H,31,33)/t27-/m0/s1. The van der Waals surface area contributed by atoms with Gasteiger partial charge >= 0.3 is 0 Å². The lowest BCUT2D eigenvalue weighted by atomic mass is 10.0. The molecule has 0 radical (unpaired) electrons. The van der Waals surface area contributed by atoms with Crippen LogP contribution >= 0.6 is 0 Å². The van der Waals surface area contributed by atoms with Gasteiger partial charge < -0.3 is 10.6 Å². The van der Waals surface area contributed by atoms with E-state index < -0.39 is 6.04 Å². The van der Waals surface area contributed by atoms with Crippen molar-refractivity contribution < 1.29 is 9.59 Å². The van der Waals surface area contributed by atoms with Gasteiger partial charge in [0.25, 0.3) is 5.91 Å². The Balaban J connectivity index is 1.33. The molecule has 4 aromatic carbocycles. The summed E-state index contributed by atoms with van der Waals surface area (Å²) in [7, 11) is 0. The van der Waals surface area contributed by atoms with Crippen LogP contribution in [0.5, 0.6) is 0 Å². The van der Waals surface area contributed by atoms with E-state index in [-0.39, 0.29) is 18.2 Å². The summed E-state index contributed by atoms with van der Waals surface area (Å²) < 4.78 is 0. The molecule has 0 saturated heterocycles. The lowest BCUT2D eigenvalue weighted by Crippen LogP contribution is -2.31. The minimum Gasteiger partial charge on any atom is -0.345 e. The minimum absolute atomic E-state index is 0.135. The molecule has 0 saturated carbocycles. The number of benzene rings is 4. The zero-order valence-corrected chi connectivity index (χ0v) is 18.1. The Kier molecular flexibility index (Phi) is 5.73. The Morgan fingerprint density at radius 3 is 2.18 bits per heavy atom. The summed E-state index contributed by atoms with van der Waals surface area (Å²) in [6.07, 6.45) is 1.05. The number of hydrogen-bond donors (Lipinski definition) is 2. The summed E-state index contributed by atoms with van der Waals surface area (Å²) in [6, 6.07) is 32.6. The van der Waals surface area contributed by atoms with Crippen LogP contribution in [-0.4, -0.2) is 11.8 Å². The molecule has 1 atom stereocenters. The SMILES string of the molecule is O=C(C[C@H](NC(=O)c1ccccc1)c1ccccc1)Nc1ccc2c(c1)-c1ccccc1C2. The van der Waals surface area contributed by atoms with Crippen LogP contribution in [0.4, 0.5) is 5.69 Å². The second kappa shape index (κ2) is 9.13. The number of carbonyl (C=O) groups excluding carboxylic acids is 2. The summed E-state index contributed by atoms with van der Waals surface area (Å²) in [5, 5.41) is 6.05. The zero-order chi connectivity index (χ0) is 22.6. The van der Waals surface area contributed by atoms with Crippen LogP contribution in [0.15, 0.2) is 103 Å². The monoisotopic (exact) mass is 432 g/mol. The van der Waals surface area contributed by atoms with Crippen LogP contribution in [0, 0.1) is 0 Å². The van der Waals surface area contributed by atoms with Gasteiger partial charge in [-0.05, 0) is 58.5 Å². The third kappa shape index (κ3) is 4.55. The molecule has 0 aliphatic heterocycles. The summed E-state index contributed by atoms with van der Waals surface area (Å²) in [5.74, 6) is -0.352. The van der Waals surface area contributed by atoms with Crippen molar-refractivity contribution in [2.75, 3.05) is 5.32 Å². The van der Waals surface area contributed by atoms with Gasteiger partial charge in [0.15, 0.2) is 0 Å². The summed E-state index contributed by atoms with van der Waals surface area (Å²) in [4.78, 5) is 25.8. The fraction of sp³-hybridized carbons (Fsp3) is 0.103.